The van der Waals surface area contributed by atoms with Crippen molar-refractivity contribution in [1.82, 2.24) is 5.16 Å². The third-order valence-corrected chi connectivity index (χ3v) is 1.95. The second-order valence-corrected chi connectivity index (χ2v) is 2.78. The van der Waals surface area contributed by atoms with E-state index in [4.69, 9.17) is 4.52 Å². The molecule has 0 atom stereocenters. The zero-order valence-corrected chi connectivity index (χ0v) is 6.59. The molecule has 0 bridgehead atoms. The summed E-state index contributed by atoms with van der Waals surface area (Å²) >= 11 is 0. The van der Waals surface area contributed by atoms with Crippen LogP contribution in [-0.4, -0.2) is 5.16 Å². The van der Waals surface area contributed by atoms with Crippen molar-refractivity contribution in [3.05, 3.63) is 29.5 Å². The fourth-order valence-corrected chi connectivity index (χ4v) is 1.22. The second kappa shape index (κ2) is 2.09. The Kier molecular flexibility index (Phi) is 1.22. The molecule has 0 fully saturated rings. The summed E-state index contributed by atoms with van der Waals surface area (Å²) in [5.74, 6) is 0. The molecule has 0 aliphatic heterocycles. The number of aromatic nitrogens is 1. The monoisotopic (exact) mass is 147 g/mol. The first kappa shape index (κ1) is 6.40. The van der Waals surface area contributed by atoms with Crippen molar-refractivity contribution in [2.24, 2.45) is 0 Å². The topological polar surface area (TPSA) is 26.0 Å². The van der Waals surface area contributed by atoms with E-state index in [0.29, 0.717) is 0 Å². The van der Waals surface area contributed by atoms with Gasteiger partial charge in [-0.1, -0.05) is 17.3 Å². The van der Waals surface area contributed by atoms with E-state index < -0.39 is 0 Å². The number of hydrogen-bond acceptors (Lipinski definition) is 2. The minimum Gasteiger partial charge on any atom is -0.363 e. The van der Waals surface area contributed by atoms with Crippen LogP contribution in [0.3, 0.4) is 0 Å². The van der Waals surface area contributed by atoms with E-state index >= 15 is 0 Å². The van der Waals surface area contributed by atoms with Crippen LogP contribution in [0.15, 0.2) is 22.9 Å². The maximum Gasteiger partial charge on any atom is 0.131 e. The van der Waals surface area contributed by atoms with Crippen LogP contribution < -0.4 is 0 Å². The van der Waals surface area contributed by atoms with Crippen molar-refractivity contribution in [2.75, 3.05) is 0 Å². The minimum atomic E-state index is 0.977. The van der Waals surface area contributed by atoms with Gasteiger partial charge in [-0.3, -0.25) is 0 Å². The Morgan fingerprint density at radius 2 is 1.91 bits per heavy atom. The number of hydrogen-bond donors (Lipinski definition) is 0. The molecule has 2 rings (SSSR count). The summed E-state index contributed by atoms with van der Waals surface area (Å²) < 4.78 is 4.88. The van der Waals surface area contributed by atoms with E-state index in [1.165, 1.54) is 11.1 Å². The predicted octanol–water partition coefficient (Wildman–Crippen LogP) is 2.44. The largest absolute Gasteiger partial charge is 0.363 e. The molecule has 0 radical (unpaired) electrons. The van der Waals surface area contributed by atoms with Crippen molar-refractivity contribution in [2.45, 2.75) is 13.8 Å². The van der Waals surface area contributed by atoms with Gasteiger partial charge in [0, 0.05) is 5.39 Å². The van der Waals surface area contributed by atoms with Crippen LogP contribution in [0.4, 0.5) is 0 Å². The molecule has 2 aromatic rings. The van der Waals surface area contributed by atoms with Crippen LogP contribution in [-0.2, 0) is 0 Å². The molecule has 11 heavy (non-hydrogen) atoms. The first-order valence-electron chi connectivity index (χ1n) is 3.59. The number of rotatable bonds is 0. The van der Waals surface area contributed by atoms with Crippen LogP contribution in [0.1, 0.15) is 11.1 Å². The van der Waals surface area contributed by atoms with Crippen LogP contribution in [0, 0.1) is 13.8 Å². The first-order chi connectivity index (χ1) is 5.29. The molecule has 2 heteroatoms. The van der Waals surface area contributed by atoms with E-state index in [0.717, 1.165) is 10.9 Å². The molecule has 0 saturated carbocycles. The third-order valence-electron chi connectivity index (χ3n) is 1.95. The van der Waals surface area contributed by atoms with Gasteiger partial charge in [0.1, 0.15) is 11.8 Å². The van der Waals surface area contributed by atoms with Crippen molar-refractivity contribution in [3.8, 4) is 0 Å². The Bertz CT molecular complexity index is 353. The molecule has 1 heterocycles. The predicted molar refractivity (Wildman–Crippen MR) is 43.5 cm³/mol. The molecule has 0 amide bonds. The highest BCUT2D eigenvalue weighted by molar-refractivity contribution is 5.83. The van der Waals surface area contributed by atoms with Gasteiger partial charge in [0.2, 0.25) is 0 Å². The molecule has 56 valence electrons. The highest BCUT2D eigenvalue weighted by Crippen LogP contribution is 2.19. The van der Waals surface area contributed by atoms with Gasteiger partial charge in [-0.25, -0.2) is 0 Å². The molecule has 0 saturated heterocycles. The van der Waals surface area contributed by atoms with Crippen molar-refractivity contribution in [3.63, 3.8) is 0 Å². The Hall–Kier alpha value is -1.31. The van der Waals surface area contributed by atoms with Crippen molar-refractivity contribution >= 4 is 10.9 Å². The van der Waals surface area contributed by atoms with Crippen molar-refractivity contribution < 1.29 is 4.52 Å². The standard InChI is InChI=1S/C9H9NO/c1-6-3-4-7(2)9-8(6)5-11-10-9/h3-5H,1-2H3. The van der Waals surface area contributed by atoms with Gasteiger partial charge in [0.25, 0.3) is 0 Å². The second-order valence-electron chi connectivity index (χ2n) is 2.78. The summed E-state index contributed by atoms with van der Waals surface area (Å²) in [6, 6.07) is 4.13. The van der Waals surface area contributed by atoms with Gasteiger partial charge < -0.3 is 4.52 Å². The van der Waals surface area contributed by atoms with Crippen LogP contribution in [0.5, 0.6) is 0 Å². The molecule has 2 nitrogen and oxygen atoms in total. The van der Waals surface area contributed by atoms with Crippen LogP contribution in [0.2, 0.25) is 0 Å². The highest BCUT2D eigenvalue weighted by Gasteiger charge is 2.02. The molecular formula is C9H9NO. The Morgan fingerprint density at radius 1 is 1.18 bits per heavy atom. The zero-order valence-electron chi connectivity index (χ0n) is 6.59. The zero-order chi connectivity index (χ0) is 7.84. The molecular weight excluding hydrogens is 138 g/mol. The first-order valence-corrected chi connectivity index (χ1v) is 3.59. The SMILES string of the molecule is Cc1ccc(C)c2nocc12. The van der Waals surface area contributed by atoms with E-state index in [9.17, 15) is 0 Å². The number of aryl methyl sites for hydroxylation is 2. The van der Waals surface area contributed by atoms with E-state index in [-0.39, 0.29) is 0 Å². The van der Waals surface area contributed by atoms with E-state index in [2.05, 4.69) is 24.2 Å². The number of nitrogens with zero attached hydrogens (tertiary/aromatic N) is 1. The van der Waals surface area contributed by atoms with Gasteiger partial charge in [0.05, 0.1) is 0 Å². The smallest absolute Gasteiger partial charge is 0.131 e. The van der Waals surface area contributed by atoms with Crippen LogP contribution >= 0.6 is 0 Å². The highest BCUT2D eigenvalue weighted by atomic mass is 16.5. The molecule has 0 aliphatic rings. The van der Waals surface area contributed by atoms with Crippen molar-refractivity contribution in [1.29, 1.82) is 0 Å². The lowest BCUT2D eigenvalue weighted by Crippen LogP contribution is -1.78. The Balaban J connectivity index is 2.96. The summed E-state index contributed by atoms with van der Waals surface area (Å²) in [6.07, 6.45) is 1.69. The minimum absolute atomic E-state index is 0.977. The quantitative estimate of drug-likeness (QED) is 0.572. The summed E-state index contributed by atoms with van der Waals surface area (Å²) in [5.41, 5.74) is 3.36. The lowest BCUT2D eigenvalue weighted by Gasteiger charge is -1.94. The van der Waals surface area contributed by atoms with E-state index in [1.54, 1.807) is 6.26 Å². The van der Waals surface area contributed by atoms with Gasteiger partial charge in [-0.05, 0) is 25.0 Å². The van der Waals surface area contributed by atoms with E-state index in [1.807, 2.05) is 6.92 Å². The Labute approximate surface area is 64.8 Å². The lowest BCUT2D eigenvalue weighted by molar-refractivity contribution is 0.428. The Morgan fingerprint density at radius 3 is 2.64 bits per heavy atom. The third kappa shape index (κ3) is 0.827. The number of fused-ring (bicyclic) bond motifs is 1. The molecule has 0 aliphatic carbocycles. The molecule has 0 unspecified atom stereocenters. The van der Waals surface area contributed by atoms with Gasteiger partial charge in [0.15, 0.2) is 0 Å². The lowest BCUT2D eigenvalue weighted by atomic mass is 10.1. The molecule has 0 N–H and O–H groups in total. The van der Waals surface area contributed by atoms with Gasteiger partial charge in [-0.15, -0.1) is 0 Å². The van der Waals surface area contributed by atoms with Gasteiger partial charge >= 0.3 is 0 Å². The fraction of sp³-hybridized carbons (Fsp3) is 0.222. The normalized spacial score (nSPS) is 10.7. The average molecular weight is 147 g/mol. The van der Waals surface area contributed by atoms with Crippen LogP contribution in [0.25, 0.3) is 10.9 Å². The maximum atomic E-state index is 4.88. The number of benzene rings is 1. The summed E-state index contributed by atoms with van der Waals surface area (Å²) in [7, 11) is 0. The summed E-state index contributed by atoms with van der Waals surface area (Å²) in [5, 5.41) is 5.02. The molecule has 1 aromatic heterocycles. The maximum absolute atomic E-state index is 4.88. The average Bonchev–Trinajstić information content (AvgIpc) is 2.45. The summed E-state index contributed by atoms with van der Waals surface area (Å²) in [4.78, 5) is 0. The molecule has 1 aromatic carbocycles. The fourth-order valence-electron chi connectivity index (χ4n) is 1.22. The van der Waals surface area contributed by atoms with Gasteiger partial charge in [-0.2, -0.15) is 0 Å². The summed E-state index contributed by atoms with van der Waals surface area (Å²) in [6.45, 7) is 4.09. The molecule has 0 spiro atoms.